The van der Waals surface area contributed by atoms with E-state index in [4.69, 9.17) is 10.2 Å². The smallest absolute Gasteiger partial charge is 0.303 e. The third kappa shape index (κ3) is 9.17. The molecule has 0 amide bonds. The van der Waals surface area contributed by atoms with Crippen LogP contribution in [0, 0.1) is 0 Å². The minimum absolute atomic E-state index is 0.0924. The summed E-state index contributed by atoms with van der Waals surface area (Å²) in [7, 11) is 0. The molecule has 3 heteroatoms. The van der Waals surface area contributed by atoms with E-state index in [1.165, 1.54) is 0 Å². The molecule has 0 unspecified atom stereocenters. The van der Waals surface area contributed by atoms with Crippen molar-refractivity contribution < 1.29 is 15.0 Å². The highest BCUT2D eigenvalue weighted by Crippen LogP contribution is 2.03. The Morgan fingerprint density at radius 3 is 2.50 bits per heavy atom. The van der Waals surface area contributed by atoms with Crippen LogP contribution in [0.5, 0.6) is 0 Å². The van der Waals surface area contributed by atoms with Gasteiger partial charge in [0.1, 0.15) is 0 Å². The molecule has 0 fully saturated rings. The lowest BCUT2D eigenvalue weighted by atomic mass is 10.1. The topological polar surface area (TPSA) is 57.5 Å². The van der Waals surface area contributed by atoms with Crippen molar-refractivity contribution in [3.8, 4) is 0 Å². The molecule has 0 bridgehead atoms. The van der Waals surface area contributed by atoms with Gasteiger partial charge in [-0.2, -0.15) is 0 Å². The second kappa shape index (κ2) is 8.27. The number of allylic oxidation sites excluding steroid dienone is 1. The van der Waals surface area contributed by atoms with E-state index in [-0.39, 0.29) is 13.0 Å². The van der Waals surface area contributed by atoms with Crippen LogP contribution in [0.1, 0.15) is 32.1 Å². The normalized spacial score (nSPS) is 10.8. The summed E-state index contributed by atoms with van der Waals surface area (Å²) in [5.41, 5.74) is 0. The van der Waals surface area contributed by atoms with Crippen molar-refractivity contribution in [2.75, 3.05) is 6.61 Å². The van der Waals surface area contributed by atoms with Crippen molar-refractivity contribution in [2.24, 2.45) is 0 Å². The molecule has 0 radical (unpaired) electrons. The molecule has 0 aliphatic rings. The Balaban J connectivity index is 3.00. The maximum Gasteiger partial charge on any atom is 0.303 e. The van der Waals surface area contributed by atoms with Crippen LogP contribution >= 0.6 is 0 Å². The van der Waals surface area contributed by atoms with Crippen LogP contribution < -0.4 is 0 Å². The first-order chi connectivity index (χ1) is 5.77. The van der Waals surface area contributed by atoms with Gasteiger partial charge in [-0.25, -0.2) is 0 Å². The highest BCUT2D eigenvalue weighted by Gasteiger charge is 1.94. The van der Waals surface area contributed by atoms with E-state index in [9.17, 15) is 4.79 Å². The van der Waals surface area contributed by atoms with Gasteiger partial charge in [-0.15, -0.1) is 0 Å². The van der Waals surface area contributed by atoms with Crippen LogP contribution in [0.3, 0.4) is 0 Å². The molecular weight excluding hydrogens is 156 g/mol. The minimum Gasteiger partial charge on any atom is -0.481 e. The van der Waals surface area contributed by atoms with Crippen LogP contribution in [-0.4, -0.2) is 22.8 Å². The summed E-state index contributed by atoms with van der Waals surface area (Å²) >= 11 is 0. The molecule has 0 aromatic heterocycles. The van der Waals surface area contributed by atoms with E-state index in [1.54, 1.807) is 6.08 Å². The van der Waals surface area contributed by atoms with Gasteiger partial charge in [0.2, 0.25) is 0 Å². The molecule has 0 rings (SSSR count). The highest BCUT2D eigenvalue weighted by molar-refractivity contribution is 5.66. The zero-order valence-corrected chi connectivity index (χ0v) is 7.20. The third-order valence-electron chi connectivity index (χ3n) is 1.53. The Morgan fingerprint density at radius 2 is 1.92 bits per heavy atom. The van der Waals surface area contributed by atoms with E-state index in [0.29, 0.717) is 0 Å². The monoisotopic (exact) mass is 172 g/mol. The molecule has 70 valence electrons. The van der Waals surface area contributed by atoms with Crippen LogP contribution in [0.25, 0.3) is 0 Å². The third-order valence-corrected chi connectivity index (χ3v) is 1.53. The average Bonchev–Trinajstić information content (AvgIpc) is 2.02. The van der Waals surface area contributed by atoms with Gasteiger partial charge in [0.25, 0.3) is 0 Å². The van der Waals surface area contributed by atoms with E-state index >= 15 is 0 Å². The zero-order valence-electron chi connectivity index (χ0n) is 7.20. The summed E-state index contributed by atoms with van der Waals surface area (Å²) in [5, 5.41) is 16.7. The second-order valence-electron chi connectivity index (χ2n) is 2.65. The van der Waals surface area contributed by atoms with E-state index in [2.05, 4.69) is 0 Å². The fourth-order valence-electron chi connectivity index (χ4n) is 0.908. The number of aliphatic hydroxyl groups excluding tert-OH is 1. The van der Waals surface area contributed by atoms with Gasteiger partial charge >= 0.3 is 5.97 Å². The molecular formula is C9H16O3. The summed E-state index contributed by atoms with van der Waals surface area (Å²) in [6, 6.07) is 0. The molecule has 0 aliphatic carbocycles. The lowest BCUT2D eigenvalue weighted by Gasteiger charge is -1.94. The molecule has 3 nitrogen and oxygen atoms in total. The summed E-state index contributed by atoms with van der Waals surface area (Å²) in [6.45, 7) is 0.0924. The molecule has 0 heterocycles. The second-order valence-corrected chi connectivity index (χ2v) is 2.65. The van der Waals surface area contributed by atoms with Gasteiger partial charge in [0.15, 0.2) is 0 Å². The number of hydrogen-bond acceptors (Lipinski definition) is 2. The van der Waals surface area contributed by atoms with Crippen molar-refractivity contribution in [2.45, 2.75) is 32.1 Å². The predicted molar refractivity (Wildman–Crippen MR) is 46.9 cm³/mol. The fraction of sp³-hybridized carbons (Fsp3) is 0.667. The summed E-state index contributed by atoms with van der Waals surface area (Å²) in [4.78, 5) is 10.1. The lowest BCUT2D eigenvalue weighted by molar-refractivity contribution is -0.137. The van der Waals surface area contributed by atoms with Crippen molar-refractivity contribution in [1.82, 2.24) is 0 Å². The maximum absolute atomic E-state index is 10.1. The molecule has 2 N–H and O–H groups in total. The number of aliphatic hydroxyl groups is 1. The molecule has 0 saturated heterocycles. The number of hydrogen-bond donors (Lipinski definition) is 2. The SMILES string of the molecule is O=C(O)CCCCC/C=C\CO. The van der Waals surface area contributed by atoms with Gasteiger partial charge in [0.05, 0.1) is 6.61 Å². The Labute approximate surface area is 72.7 Å². The first-order valence-electron chi connectivity index (χ1n) is 4.25. The molecule has 0 aliphatic heterocycles. The summed E-state index contributed by atoms with van der Waals surface area (Å²) < 4.78 is 0. The number of carboxylic acid groups (broad SMARTS) is 1. The quantitative estimate of drug-likeness (QED) is 0.452. The number of carboxylic acids is 1. The number of carbonyl (C=O) groups is 1. The van der Waals surface area contributed by atoms with Crippen LogP contribution in [0.4, 0.5) is 0 Å². The van der Waals surface area contributed by atoms with Crippen molar-refractivity contribution in [3.05, 3.63) is 12.2 Å². The van der Waals surface area contributed by atoms with Crippen molar-refractivity contribution >= 4 is 5.97 Å². The largest absolute Gasteiger partial charge is 0.481 e. The van der Waals surface area contributed by atoms with Crippen molar-refractivity contribution in [3.63, 3.8) is 0 Å². The first kappa shape index (κ1) is 11.2. The van der Waals surface area contributed by atoms with E-state index in [1.807, 2.05) is 6.08 Å². The van der Waals surface area contributed by atoms with Crippen LogP contribution in [0.2, 0.25) is 0 Å². The Hall–Kier alpha value is -0.830. The van der Waals surface area contributed by atoms with Gasteiger partial charge in [-0.3, -0.25) is 4.79 Å². The predicted octanol–water partition coefficient (Wildman–Crippen LogP) is 1.57. The molecule has 12 heavy (non-hydrogen) atoms. The maximum atomic E-state index is 10.1. The lowest BCUT2D eigenvalue weighted by Crippen LogP contribution is -1.93. The Bertz CT molecular complexity index is 141. The first-order valence-corrected chi connectivity index (χ1v) is 4.25. The molecule has 0 aromatic carbocycles. The number of unbranched alkanes of at least 4 members (excludes halogenated alkanes) is 3. The molecule has 0 aromatic rings. The van der Waals surface area contributed by atoms with Crippen LogP contribution in [0.15, 0.2) is 12.2 Å². The standard InChI is InChI=1S/C9H16O3/c10-8-6-4-2-1-3-5-7-9(11)12/h4,6,10H,1-3,5,7-8H2,(H,11,12)/b6-4-. The van der Waals surface area contributed by atoms with Gasteiger partial charge < -0.3 is 10.2 Å². The highest BCUT2D eigenvalue weighted by atomic mass is 16.4. The fourth-order valence-corrected chi connectivity index (χ4v) is 0.908. The summed E-state index contributed by atoms with van der Waals surface area (Å²) in [5.74, 6) is -0.721. The van der Waals surface area contributed by atoms with Gasteiger partial charge in [0, 0.05) is 6.42 Å². The Kier molecular flexibility index (Phi) is 7.70. The van der Waals surface area contributed by atoms with Gasteiger partial charge in [-0.05, 0) is 19.3 Å². The Morgan fingerprint density at radius 1 is 1.17 bits per heavy atom. The number of rotatable bonds is 7. The average molecular weight is 172 g/mol. The summed E-state index contributed by atoms with van der Waals surface area (Å²) in [6.07, 6.45) is 7.52. The molecule has 0 saturated carbocycles. The molecule has 0 atom stereocenters. The van der Waals surface area contributed by atoms with Gasteiger partial charge in [-0.1, -0.05) is 18.6 Å². The van der Waals surface area contributed by atoms with Crippen LogP contribution in [-0.2, 0) is 4.79 Å². The minimum atomic E-state index is -0.721. The number of aliphatic carboxylic acids is 1. The zero-order chi connectivity index (χ0) is 9.23. The van der Waals surface area contributed by atoms with Crippen molar-refractivity contribution in [1.29, 1.82) is 0 Å². The van der Waals surface area contributed by atoms with E-state index in [0.717, 1.165) is 25.7 Å². The van der Waals surface area contributed by atoms with E-state index < -0.39 is 5.97 Å². The molecule has 0 spiro atoms.